The van der Waals surface area contributed by atoms with Crippen molar-refractivity contribution in [2.75, 3.05) is 11.4 Å². The number of thiophene rings is 1. The predicted molar refractivity (Wildman–Crippen MR) is 102 cm³/mol. The zero-order valence-electron chi connectivity index (χ0n) is 13.6. The number of nitrogens with zero attached hydrogens (tertiary/aromatic N) is 1. The van der Waals surface area contributed by atoms with E-state index in [1.807, 2.05) is 55.5 Å². The molecule has 25 heavy (non-hydrogen) atoms. The summed E-state index contributed by atoms with van der Waals surface area (Å²) in [5.41, 5.74) is 0.965. The van der Waals surface area contributed by atoms with Crippen LogP contribution >= 0.6 is 11.3 Å². The van der Waals surface area contributed by atoms with E-state index in [0.717, 1.165) is 15.8 Å². The maximum Gasteiger partial charge on any atom is 0.345 e. The Bertz CT molecular complexity index is 1130. The summed E-state index contributed by atoms with van der Waals surface area (Å²) in [6, 6.07) is 18.6. The lowest BCUT2D eigenvalue weighted by atomic mass is 10.2. The fourth-order valence-corrected chi connectivity index (χ4v) is 4.06. The van der Waals surface area contributed by atoms with Gasteiger partial charge in [-0.2, -0.15) is 0 Å². The molecular weight excluding hydrogens is 334 g/mol. The minimum absolute atomic E-state index is 0.113. The van der Waals surface area contributed by atoms with E-state index in [0.29, 0.717) is 22.4 Å². The molecule has 5 heteroatoms. The molecule has 0 radical (unpaired) electrons. The van der Waals surface area contributed by atoms with E-state index in [1.54, 1.807) is 17.0 Å². The smallest absolute Gasteiger partial charge is 0.345 e. The van der Waals surface area contributed by atoms with Crippen molar-refractivity contribution in [1.82, 2.24) is 0 Å². The first-order valence-corrected chi connectivity index (χ1v) is 8.83. The van der Waals surface area contributed by atoms with Gasteiger partial charge in [0, 0.05) is 17.6 Å². The van der Waals surface area contributed by atoms with Crippen LogP contribution in [0, 0.1) is 0 Å². The summed E-state index contributed by atoms with van der Waals surface area (Å²) in [6.07, 6.45) is 0. The lowest BCUT2D eigenvalue weighted by Gasteiger charge is -2.20. The van der Waals surface area contributed by atoms with Crippen molar-refractivity contribution in [3.63, 3.8) is 0 Å². The van der Waals surface area contributed by atoms with Crippen molar-refractivity contribution < 1.29 is 9.21 Å². The van der Waals surface area contributed by atoms with Gasteiger partial charge in [0.25, 0.3) is 5.91 Å². The highest BCUT2D eigenvalue weighted by Gasteiger charge is 2.20. The molecule has 124 valence electrons. The van der Waals surface area contributed by atoms with E-state index in [1.165, 1.54) is 11.3 Å². The van der Waals surface area contributed by atoms with E-state index >= 15 is 0 Å². The number of benzene rings is 2. The monoisotopic (exact) mass is 349 g/mol. The molecule has 0 bridgehead atoms. The molecule has 4 rings (SSSR count). The maximum atomic E-state index is 13.0. The van der Waals surface area contributed by atoms with Gasteiger partial charge in [-0.05, 0) is 37.3 Å². The van der Waals surface area contributed by atoms with E-state index in [-0.39, 0.29) is 5.91 Å². The van der Waals surface area contributed by atoms with E-state index in [9.17, 15) is 9.59 Å². The second kappa shape index (κ2) is 6.18. The highest BCUT2D eigenvalue weighted by Crippen LogP contribution is 2.31. The normalized spacial score (nSPS) is 11.1. The number of amides is 1. The zero-order chi connectivity index (χ0) is 17.4. The van der Waals surface area contributed by atoms with Crippen LogP contribution in [0.3, 0.4) is 0 Å². The van der Waals surface area contributed by atoms with E-state index in [4.69, 9.17) is 4.42 Å². The molecular formula is C20H15NO3S. The van der Waals surface area contributed by atoms with Gasteiger partial charge in [0.2, 0.25) is 0 Å². The third-order valence-electron chi connectivity index (χ3n) is 4.13. The first-order valence-electron chi connectivity index (χ1n) is 8.01. The second-order valence-corrected chi connectivity index (χ2v) is 6.68. The minimum Gasteiger partial charge on any atom is -0.422 e. The van der Waals surface area contributed by atoms with Gasteiger partial charge >= 0.3 is 5.63 Å². The number of carbonyl (C=O) groups is 1. The Labute approximate surface area is 147 Å². The van der Waals surface area contributed by atoms with Crippen molar-refractivity contribution in [2.24, 2.45) is 0 Å². The molecule has 0 unspecified atom stereocenters. The lowest BCUT2D eigenvalue weighted by molar-refractivity contribution is 0.0992. The molecule has 2 aromatic heterocycles. The Hall–Kier alpha value is -2.92. The van der Waals surface area contributed by atoms with Crippen LogP contribution in [-0.4, -0.2) is 12.5 Å². The van der Waals surface area contributed by atoms with Crippen LogP contribution in [0.2, 0.25) is 0 Å². The van der Waals surface area contributed by atoms with Gasteiger partial charge in [0.05, 0.1) is 15.0 Å². The Morgan fingerprint density at radius 2 is 1.76 bits per heavy atom. The topological polar surface area (TPSA) is 50.5 Å². The first-order chi connectivity index (χ1) is 12.2. The summed E-state index contributed by atoms with van der Waals surface area (Å²) in [5.74, 6) is -0.113. The van der Waals surface area contributed by atoms with Crippen molar-refractivity contribution in [3.05, 3.63) is 76.0 Å². The number of anilines is 1. The van der Waals surface area contributed by atoms with Crippen LogP contribution in [0.5, 0.6) is 0 Å². The van der Waals surface area contributed by atoms with Gasteiger partial charge < -0.3 is 9.32 Å². The Morgan fingerprint density at radius 3 is 2.52 bits per heavy atom. The number of rotatable bonds is 3. The van der Waals surface area contributed by atoms with Crippen LogP contribution in [0.1, 0.15) is 16.6 Å². The summed E-state index contributed by atoms with van der Waals surface area (Å²) in [6.45, 7) is 2.48. The standard InChI is InChI=1S/C20H15NO3S/c1-2-21(13-8-4-3-5-9-13)19(22)17-12-15-18(25-17)14-10-6-7-11-16(14)24-20(15)23/h3-12H,2H2,1H3. The van der Waals surface area contributed by atoms with E-state index in [2.05, 4.69) is 0 Å². The fraction of sp³-hybridized carbons (Fsp3) is 0.100. The molecule has 2 heterocycles. The molecule has 2 aromatic carbocycles. The molecule has 4 aromatic rings. The Balaban J connectivity index is 1.87. The van der Waals surface area contributed by atoms with Crippen molar-refractivity contribution in [2.45, 2.75) is 6.92 Å². The van der Waals surface area contributed by atoms with E-state index < -0.39 is 5.63 Å². The van der Waals surface area contributed by atoms with Crippen LogP contribution in [0.15, 0.2) is 69.9 Å². The maximum absolute atomic E-state index is 13.0. The van der Waals surface area contributed by atoms with Crippen molar-refractivity contribution in [1.29, 1.82) is 0 Å². The third-order valence-corrected chi connectivity index (χ3v) is 5.28. The highest BCUT2D eigenvalue weighted by molar-refractivity contribution is 7.21. The average Bonchev–Trinajstić information content (AvgIpc) is 3.10. The van der Waals surface area contributed by atoms with Gasteiger partial charge in [0.1, 0.15) is 5.58 Å². The predicted octanol–water partition coefficient (Wildman–Crippen LogP) is 4.67. The van der Waals surface area contributed by atoms with Crippen molar-refractivity contribution in [3.8, 4) is 0 Å². The molecule has 0 fully saturated rings. The molecule has 0 aliphatic heterocycles. The quantitative estimate of drug-likeness (QED) is 0.505. The third kappa shape index (κ3) is 2.62. The molecule has 1 amide bonds. The summed E-state index contributed by atoms with van der Waals surface area (Å²) >= 11 is 1.34. The first kappa shape index (κ1) is 15.6. The molecule has 0 atom stereocenters. The summed E-state index contributed by atoms with van der Waals surface area (Å²) in [7, 11) is 0. The molecule has 0 N–H and O–H groups in total. The molecule has 0 spiro atoms. The van der Waals surface area contributed by atoms with Gasteiger partial charge in [-0.25, -0.2) is 4.79 Å². The van der Waals surface area contributed by atoms with Gasteiger partial charge in [-0.1, -0.05) is 30.3 Å². The Morgan fingerprint density at radius 1 is 1.04 bits per heavy atom. The number of fused-ring (bicyclic) bond motifs is 3. The van der Waals surface area contributed by atoms with Gasteiger partial charge in [0.15, 0.2) is 0 Å². The van der Waals surface area contributed by atoms with Crippen LogP contribution in [-0.2, 0) is 0 Å². The number of hydrogen-bond donors (Lipinski definition) is 0. The minimum atomic E-state index is -0.410. The second-order valence-electron chi connectivity index (χ2n) is 5.62. The number of hydrogen-bond acceptors (Lipinski definition) is 4. The zero-order valence-corrected chi connectivity index (χ0v) is 14.4. The van der Waals surface area contributed by atoms with Crippen LogP contribution in [0.4, 0.5) is 5.69 Å². The molecule has 0 saturated heterocycles. The summed E-state index contributed by atoms with van der Waals surface area (Å²) < 4.78 is 6.16. The summed E-state index contributed by atoms with van der Waals surface area (Å²) in [4.78, 5) is 27.5. The molecule has 4 nitrogen and oxygen atoms in total. The lowest BCUT2D eigenvalue weighted by Crippen LogP contribution is -2.29. The number of carbonyl (C=O) groups excluding carboxylic acids is 1. The largest absolute Gasteiger partial charge is 0.422 e. The number of para-hydroxylation sites is 2. The van der Waals surface area contributed by atoms with Crippen LogP contribution in [0.25, 0.3) is 21.1 Å². The molecule has 0 aliphatic carbocycles. The molecule has 0 aliphatic rings. The average molecular weight is 349 g/mol. The van der Waals surface area contributed by atoms with Gasteiger partial charge in [-0.3, -0.25) is 4.79 Å². The summed E-state index contributed by atoms with van der Waals surface area (Å²) in [5, 5.41) is 1.31. The molecule has 0 saturated carbocycles. The SMILES string of the molecule is CCN(C(=O)c1cc2c(=O)oc3ccccc3c2s1)c1ccccc1. The van der Waals surface area contributed by atoms with Crippen LogP contribution < -0.4 is 10.5 Å². The fourth-order valence-electron chi connectivity index (χ4n) is 2.93. The Kier molecular flexibility index (Phi) is 3.86. The highest BCUT2D eigenvalue weighted by atomic mass is 32.1. The van der Waals surface area contributed by atoms with Gasteiger partial charge in [-0.15, -0.1) is 11.3 Å². The van der Waals surface area contributed by atoms with Crippen molar-refractivity contribution >= 4 is 44.0 Å².